The highest BCUT2D eigenvalue weighted by atomic mass is 19.4. The van der Waals surface area contributed by atoms with Crippen LogP contribution in [-0.2, 0) is 23.8 Å². The zero-order valence-electron chi connectivity index (χ0n) is 18.6. The summed E-state index contributed by atoms with van der Waals surface area (Å²) in [7, 11) is 1.42. The van der Waals surface area contributed by atoms with Gasteiger partial charge in [-0.15, -0.1) is 0 Å². The lowest BCUT2D eigenvalue weighted by Crippen LogP contribution is -2.55. The summed E-state index contributed by atoms with van der Waals surface area (Å²) in [5, 5.41) is 12.6. The number of hydrogen-bond acceptors (Lipinski definition) is 3. The number of ether oxygens (including phenoxy) is 1. The van der Waals surface area contributed by atoms with E-state index in [4.69, 9.17) is 4.74 Å². The lowest BCUT2D eigenvalue weighted by Gasteiger charge is -2.25. The zero-order valence-corrected chi connectivity index (χ0v) is 18.6. The number of nitrogens with one attached hydrogen (secondary N) is 1. The van der Waals surface area contributed by atoms with Crippen molar-refractivity contribution >= 4 is 11.9 Å². The van der Waals surface area contributed by atoms with E-state index in [0.717, 1.165) is 23.3 Å². The summed E-state index contributed by atoms with van der Waals surface area (Å²) in [6.07, 6.45) is -4.10. The number of carboxylic acid groups (broad SMARTS) is 1. The molecule has 0 saturated carbocycles. The van der Waals surface area contributed by atoms with Crippen molar-refractivity contribution < 1.29 is 32.6 Å². The Bertz CT molecular complexity index is 1330. The number of amides is 1. The predicted molar refractivity (Wildman–Crippen MR) is 122 cm³/mol. The number of halogens is 3. The number of fused-ring (bicyclic) bond motifs is 1. The second kappa shape index (κ2) is 9.18. The summed E-state index contributed by atoms with van der Waals surface area (Å²) in [5.74, 6) is 4.24. The standard InChI is InChI=1S/C27H20F3NO4/c1-35-23-13-10-19(14-18(23)9-6-17-7-11-22(12-8-17)27(28,29)30)24(32)31-26(25(33)34)15-20-4-2-3-5-21(20)16-26/h2-5,7-8,10-14H,15-16H2,1H3,(H,31,32)(H,33,34). The minimum atomic E-state index is -4.44. The first kappa shape index (κ1) is 23.9. The molecule has 4 rings (SSSR count). The van der Waals surface area contributed by atoms with Crippen molar-refractivity contribution in [2.45, 2.75) is 24.6 Å². The number of benzene rings is 3. The van der Waals surface area contributed by atoms with Crippen LogP contribution in [0.2, 0.25) is 0 Å². The number of carbonyl (C=O) groups is 2. The van der Waals surface area contributed by atoms with E-state index in [0.29, 0.717) is 16.9 Å². The van der Waals surface area contributed by atoms with Crippen molar-refractivity contribution in [2.24, 2.45) is 0 Å². The van der Waals surface area contributed by atoms with Gasteiger partial charge in [-0.3, -0.25) is 4.79 Å². The molecular weight excluding hydrogens is 459 g/mol. The van der Waals surface area contributed by atoms with Crippen molar-refractivity contribution in [1.29, 1.82) is 0 Å². The van der Waals surface area contributed by atoms with E-state index in [1.165, 1.54) is 37.4 Å². The van der Waals surface area contributed by atoms with Gasteiger partial charge in [0.25, 0.3) is 5.91 Å². The molecule has 0 aromatic heterocycles. The van der Waals surface area contributed by atoms with Gasteiger partial charge in [0.05, 0.1) is 18.2 Å². The Morgan fingerprint density at radius 1 is 0.971 bits per heavy atom. The molecule has 3 aromatic carbocycles. The van der Waals surface area contributed by atoms with E-state index in [1.54, 1.807) is 0 Å². The molecule has 1 amide bonds. The van der Waals surface area contributed by atoms with Gasteiger partial charge in [-0.05, 0) is 53.6 Å². The maximum absolute atomic E-state index is 13.0. The number of rotatable bonds is 4. The normalized spacial score (nSPS) is 13.8. The van der Waals surface area contributed by atoms with Crippen LogP contribution in [0, 0.1) is 11.8 Å². The average molecular weight is 479 g/mol. The molecule has 8 heteroatoms. The summed E-state index contributed by atoms with van der Waals surface area (Å²) in [4.78, 5) is 25.2. The van der Waals surface area contributed by atoms with Gasteiger partial charge in [0.1, 0.15) is 11.3 Å². The summed E-state index contributed by atoms with van der Waals surface area (Å²) in [5.41, 5.74) is 0.357. The number of aliphatic carboxylic acids is 1. The van der Waals surface area contributed by atoms with Gasteiger partial charge in [-0.2, -0.15) is 13.2 Å². The summed E-state index contributed by atoms with van der Waals surface area (Å²) in [6, 6.07) is 16.2. The monoisotopic (exact) mass is 479 g/mol. The summed E-state index contributed by atoms with van der Waals surface area (Å²) < 4.78 is 43.6. The SMILES string of the molecule is COc1ccc(C(=O)NC2(C(=O)O)Cc3ccccc3C2)cc1C#Cc1ccc(C(F)(F)F)cc1. The highest BCUT2D eigenvalue weighted by molar-refractivity contribution is 5.99. The molecule has 0 aliphatic heterocycles. The Kier molecular flexibility index (Phi) is 6.27. The van der Waals surface area contributed by atoms with Crippen molar-refractivity contribution in [2.75, 3.05) is 7.11 Å². The van der Waals surface area contributed by atoms with Gasteiger partial charge in [-0.25, -0.2) is 4.79 Å². The summed E-state index contributed by atoms with van der Waals surface area (Å²) >= 11 is 0. The molecule has 0 atom stereocenters. The molecule has 1 aliphatic carbocycles. The minimum Gasteiger partial charge on any atom is -0.495 e. The van der Waals surface area contributed by atoms with E-state index in [-0.39, 0.29) is 18.4 Å². The molecule has 0 radical (unpaired) electrons. The van der Waals surface area contributed by atoms with Crippen LogP contribution in [0.25, 0.3) is 0 Å². The topological polar surface area (TPSA) is 75.6 Å². The zero-order chi connectivity index (χ0) is 25.2. The van der Waals surface area contributed by atoms with Crippen LogP contribution in [0.3, 0.4) is 0 Å². The van der Waals surface area contributed by atoms with Gasteiger partial charge >= 0.3 is 12.1 Å². The molecule has 35 heavy (non-hydrogen) atoms. The molecule has 0 saturated heterocycles. The fourth-order valence-corrected chi connectivity index (χ4v) is 4.03. The van der Waals surface area contributed by atoms with Crippen LogP contribution in [-0.4, -0.2) is 29.6 Å². The molecule has 3 aromatic rings. The minimum absolute atomic E-state index is 0.168. The molecule has 0 bridgehead atoms. The molecule has 1 aliphatic rings. The van der Waals surface area contributed by atoms with E-state index >= 15 is 0 Å². The number of hydrogen-bond donors (Lipinski definition) is 2. The first-order valence-corrected chi connectivity index (χ1v) is 10.6. The van der Waals surface area contributed by atoms with Crippen molar-refractivity contribution in [3.05, 3.63) is 100 Å². The fraction of sp³-hybridized carbons (Fsp3) is 0.185. The maximum atomic E-state index is 13.0. The van der Waals surface area contributed by atoms with Crippen molar-refractivity contribution in [3.8, 4) is 17.6 Å². The van der Waals surface area contributed by atoms with Crippen molar-refractivity contribution in [3.63, 3.8) is 0 Å². The van der Waals surface area contributed by atoms with E-state index in [9.17, 15) is 27.9 Å². The fourth-order valence-electron chi connectivity index (χ4n) is 4.03. The second-order valence-corrected chi connectivity index (χ2v) is 8.20. The molecule has 0 fully saturated rings. The summed E-state index contributed by atoms with van der Waals surface area (Å²) in [6.45, 7) is 0. The third kappa shape index (κ3) is 4.99. The Balaban J connectivity index is 1.59. The quantitative estimate of drug-likeness (QED) is 0.542. The average Bonchev–Trinajstić information content (AvgIpc) is 3.21. The van der Waals surface area contributed by atoms with Gasteiger partial charge in [0.2, 0.25) is 0 Å². The van der Waals surface area contributed by atoms with Gasteiger partial charge < -0.3 is 15.2 Å². The van der Waals surface area contributed by atoms with Crippen LogP contribution in [0.4, 0.5) is 13.2 Å². The predicted octanol–water partition coefficient (Wildman–Crippen LogP) is 4.47. The Labute approximate surface area is 199 Å². The first-order valence-electron chi connectivity index (χ1n) is 10.6. The third-order valence-corrected chi connectivity index (χ3v) is 5.88. The highest BCUT2D eigenvalue weighted by Gasteiger charge is 2.45. The van der Waals surface area contributed by atoms with Crippen LogP contribution >= 0.6 is 0 Å². The van der Waals surface area contributed by atoms with Crippen LogP contribution < -0.4 is 10.1 Å². The maximum Gasteiger partial charge on any atom is 0.416 e. The van der Waals surface area contributed by atoms with Crippen LogP contribution in [0.5, 0.6) is 5.75 Å². The molecule has 0 spiro atoms. The third-order valence-electron chi connectivity index (χ3n) is 5.88. The molecule has 2 N–H and O–H groups in total. The highest BCUT2D eigenvalue weighted by Crippen LogP contribution is 2.31. The molecule has 0 unspecified atom stereocenters. The Hall–Kier alpha value is -4.25. The smallest absolute Gasteiger partial charge is 0.416 e. The number of carbonyl (C=O) groups excluding carboxylic acids is 1. The van der Waals surface area contributed by atoms with E-state index in [2.05, 4.69) is 17.2 Å². The molecular formula is C27H20F3NO4. The molecule has 5 nitrogen and oxygen atoms in total. The largest absolute Gasteiger partial charge is 0.495 e. The second-order valence-electron chi connectivity index (χ2n) is 8.20. The first-order chi connectivity index (χ1) is 16.6. The van der Waals surface area contributed by atoms with Crippen molar-refractivity contribution in [1.82, 2.24) is 5.32 Å². The van der Waals surface area contributed by atoms with Gasteiger partial charge in [0.15, 0.2) is 0 Å². The lowest BCUT2D eigenvalue weighted by molar-refractivity contribution is -0.144. The van der Waals surface area contributed by atoms with Gasteiger partial charge in [0, 0.05) is 24.0 Å². The molecule has 178 valence electrons. The number of methoxy groups -OCH3 is 1. The number of alkyl halides is 3. The van der Waals surface area contributed by atoms with Crippen LogP contribution in [0.15, 0.2) is 66.7 Å². The Morgan fingerprint density at radius 3 is 2.14 bits per heavy atom. The van der Waals surface area contributed by atoms with Crippen LogP contribution in [0.1, 0.15) is 38.2 Å². The lowest BCUT2D eigenvalue weighted by atomic mass is 9.95. The molecule has 0 heterocycles. The van der Waals surface area contributed by atoms with E-state index in [1.807, 2.05) is 24.3 Å². The van der Waals surface area contributed by atoms with Gasteiger partial charge in [-0.1, -0.05) is 36.1 Å². The Morgan fingerprint density at radius 2 is 1.60 bits per heavy atom. The number of carboxylic acids is 1. The van der Waals surface area contributed by atoms with E-state index < -0.39 is 29.2 Å².